The molecule has 0 spiro atoms. The van der Waals surface area contributed by atoms with Crippen molar-refractivity contribution in [1.82, 2.24) is 4.98 Å². The first kappa shape index (κ1) is 19.4. The Balaban J connectivity index is 1.78. The van der Waals surface area contributed by atoms with Crippen LogP contribution in [0.1, 0.15) is 39.5 Å². The number of ether oxygens (including phenoxy) is 1. The van der Waals surface area contributed by atoms with Gasteiger partial charge in [0.15, 0.2) is 11.2 Å². The van der Waals surface area contributed by atoms with E-state index in [4.69, 9.17) is 9.72 Å². The first-order valence-electron chi connectivity index (χ1n) is 9.57. The fraction of sp³-hybridized carbons (Fsp3) is 0.364. The molecule has 5 heteroatoms. The molecular formula is C22H26N2O2S. The maximum Gasteiger partial charge on any atom is 0.269 e. The van der Waals surface area contributed by atoms with Crippen LogP contribution in [0.5, 0.6) is 5.75 Å². The molecule has 4 nitrogen and oxygen atoms in total. The van der Waals surface area contributed by atoms with Crippen molar-refractivity contribution in [1.29, 1.82) is 0 Å². The Bertz CT molecular complexity index is 830. The molecule has 1 heterocycles. The zero-order valence-corrected chi connectivity index (χ0v) is 16.7. The maximum atomic E-state index is 13.2. The van der Waals surface area contributed by atoms with Crippen molar-refractivity contribution < 1.29 is 9.53 Å². The number of aromatic nitrogens is 1. The van der Waals surface area contributed by atoms with Crippen molar-refractivity contribution in [2.24, 2.45) is 0 Å². The molecule has 1 atom stereocenters. The Labute approximate surface area is 164 Å². The third kappa shape index (κ3) is 5.07. The number of rotatable bonds is 9. The zero-order valence-electron chi connectivity index (χ0n) is 15.9. The molecule has 27 heavy (non-hydrogen) atoms. The van der Waals surface area contributed by atoms with E-state index in [2.05, 4.69) is 6.92 Å². The largest absolute Gasteiger partial charge is 0.481 e. The number of anilines is 1. The minimum atomic E-state index is -0.564. The highest BCUT2D eigenvalue weighted by atomic mass is 32.1. The van der Waals surface area contributed by atoms with Gasteiger partial charge in [-0.15, -0.1) is 0 Å². The number of benzene rings is 2. The first-order chi connectivity index (χ1) is 13.2. The van der Waals surface area contributed by atoms with E-state index >= 15 is 0 Å². The predicted octanol–water partition coefficient (Wildman–Crippen LogP) is 5.68. The SMILES string of the molecule is CCCCCCN(C(=O)[C@@H](C)Oc1ccccc1)c1nc2ccccc2s1. The van der Waals surface area contributed by atoms with E-state index in [1.54, 1.807) is 16.2 Å². The summed E-state index contributed by atoms with van der Waals surface area (Å²) < 4.78 is 6.96. The number of hydrogen-bond acceptors (Lipinski definition) is 4. The summed E-state index contributed by atoms with van der Waals surface area (Å²) in [6, 6.07) is 17.5. The molecular weight excluding hydrogens is 356 g/mol. The third-order valence-electron chi connectivity index (χ3n) is 4.42. The van der Waals surface area contributed by atoms with Gasteiger partial charge in [-0.2, -0.15) is 0 Å². The van der Waals surface area contributed by atoms with Crippen molar-refractivity contribution in [3.63, 3.8) is 0 Å². The van der Waals surface area contributed by atoms with Crippen LogP contribution in [-0.2, 0) is 4.79 Å². The van der Waals surface area contributed by atoms with Crippen LogP contribution < -0.4 is 9.64 Å². The molecule has 0 radical (unpaired) electrons. The summed E-state index contributed by atoms with van der Waals surface area (Å²) >= 11 is 1.56. The van der Waals surface area contributed by atoms with E-state index in [9.17, 15) is 4.79 Å². The summed E-state index contributed by atoms with van der Waals surface area (Å²) in [6.07, 6.45) is 3.86. The Morgan fingerprint density at radius 2 is 1.81 bits per heavy atom. The van der Waals surface area contributed by atoms with Crippen molar-refractivity contribution in [2.75, 3.05) is 11.4 Å². The maximum absolute atomic E-state index is 13.2. The molecule has 1 amide bonds. The highest BCUT2D eigenvalue weighted by Crippen LogP contribution is 2.29. The Morgan fingerprint density at radius 3 is 2.56 bits per heavy atom. The van der Waals surface area contributed by atoms with Crippen molar-refractivity contribution >= 4 is 32.6 Å². The van der Waals surface area contributed by atoms with Gasteiger partial charge in [-0.05, 0) is 37.6 Å². The van der Waals surface area contributed by atoms with Crippen LogP contribution in [0.15, 0.2) is 54.6 Å². The second-order valence-corrected chi connectivity index (χ2v) is 7.60. The van der Waals surface area contributed by atoms with Gasteiger partial charge in [0.25, 0.3) is 5.91 Å². The summed E-state index contributed by atoms with van der Waals surface area (Å²) in [5.74, 6) is 0.656. The molecule has 0 fully saturated rings. The zero-order chi connectivity index (χ0) is 19.1. The van der Waals surface area contributed by atoms with E-state index in [0.29, 0.717) is 12.3 Å². The Morgan fingerprint density at radius 1 is 1.07 bits per heavy atom. The highest BCUT2D eigenvalue weighted by Gasteiger charge is 2.25. The van der Waals surface area contributed by atoms with E-state index in [1.807, 2.05) is 61.5 Å². The van der Waals surface area contributed by atoms with Gasteiger partial charge < -0.3 is 4.74 Å². The topological polar surface area (TPSA) is 42.4 Å². The first-order valence-corrected chi connectivity index (χ1v) is 10.4. The molecule has 1 aromatic heterocycles. The van der Waals surface area contributed by atoms with Crippen LogP contribution in [0, 0.1) is 0 Å². The summed E-state index contributed by atoms with van der Waals surface area (Å²) in [6.45, 7) is 4.66. The minimum Gasteiger partial charge on any atom is -0.481 e. The molecule has 3 rings (SSSR count). The smallest absolute Gasteiger partial charge is 0.269 e. The number of hydrogen-bond donors (Lipinski definition) is 0. The lowest BCUT2D eigenvalue weighted by Crippen LogP contribution is -2.41. The van der Waals surface area contributed by atoms with Gasteiger partial charge in [-0.25, -0.2) is 4.98 Å². The lowest BCUT2D eigenvalue weighted by atomic mass is 10.2. The average molecular weight is 383 g/mol. The van der Waals surface area contributed by atoms with Crippen LogP contribution in [0.25, 0.3) is 10.2 Å². The predicted molar refractivity (Wildman–Crippen MR) is 113 cm³/mol. The number of amides is 1. The molecule has 0 saturated heterocycles. The Kier molecular flexibility index (Phi) is 6.82. The number of fused-ring (bicyclic) bond motifs is 1. The average Bonchev–Trinajstić information content (AvgIpc) is 3.12. The molecule has 0 N–H and O–H groups in total. The van der Waals surface area contributed by atoms with Crippen molar-refractivity contribution in [3.8, 4) is 5.75 Å². The number of carbonyl (C=O) groups excluding carboxylic acids is 1. The molecule has 3 aromatic rings. The normalized spacial score (nSPS) is 12.1. The lowest BCUT2D eigenvalue weighted by molar-refractivity contribution is -0.124. The number of nitrogens with zero attached hydrogens (tertiary/aromatic N) is 2. The number of carbonyl (C=O) groups is 1. The summed E-state index contributed by atoms with van der Waals surface area (Å²) in [4.78, 5) is 19.6. The van der Waals surface area contributed by atoms with E-state index < -0.39 is 6.10 Å². The van der Waals surface area contributed by atoms with E-state index in [0.717, 1.165) is 28.2 Å². The van der Waals surface area contributed by atoms with Crippen LogP contribution in [-0.4, -0.2) is 23.5 Å². The van der Waals surface area contributed by atoms with Crippen molar-refractivity contribution in [3.05, 3.63) is 54.6 Å². The third-order valence-corrected chi connectivity index (χ3v) is 5.48. The molecule has 2 aromatic carbocycles. The molecule has 0 bridgehead atoms. The lowest BCUT2D eigenvalue weighted by Gasteiger charge is -2.24. The summed E-state index contributed by atoms with van der Waals surface area (Å²) in [7, 11) is 0. The van der Waals surface area contributed by atoms with Crippen LogP contribution in [0.2, 0.25) is 0 Å². The summed E-state index contributed by atoms with van der Waals surface area (Å²) in [5, 5.41) is 0.751. The molecule has 0 saturated carbocycles. The molecule has 142 valence electrons. The van der Waals surface area contributed by atoms with Crippen LogP contribution >= 0.6 is 11.3 Å². The van der Waals surface area contributed by atoms with Crippen LogP contribution in [0.4, 0.5) is 5.13 Å². The van der Waals surface area contributed by atoms with Gasteiger partial charge in [0.2, 0.25) is 0 Å². The van der Waals surface area contributed by atoms with E-state index in [1.165, 1.54) is 12.8 Å². The van der Waals surface area contributed by atoms with Gasteiger partial charge in [0.05, 0.1) is 10.2 Å². The standard InChI is InChI=1S/C22H26N2O2S/c1-3-4-5-11-16-24(22-23-19-14-9-10-15-20(19)27-22)21(25)17(2)26-18-12-7-6-8-13-18/h6-10,12-15,17H,3-5,11,16H2,1-2H3/t17-/m1/s1. The minimum absolute atomic E-state index is 0.0468. The van der Waals surface area contributed by atoms with Gasteiger partial charge in [-0.3, -0.25) is 9.69 Å². The second kappa shape index (κ2) is 9.51. The monoisotopic (exact) mass is 382 g/mol. The van der Waals surface area contributed by atoms with Crippen LogP contribution in [0.3, 0.4) is 0 Å². The van der Waals surface area contributed by atoms with Gasteiger partial charge in [0.1, 0.15) is 5.75 Å². The van der Waals surface area contributed by atoms with Gasteiger partial charge in [-0.1, -0.05) is 67.9 Å². The van der Waals surface area contributed by atoms with E-state index in [-0.39, 0.29) is 5.91 Å². The van der Waals surface area contributed by atoms with Crippen molar-refractivity contribution in [2.45, 2.75) is 45.6 Å². The quantitative estimate of drug-likeness (QED) is 0.447. The molecule has 0 aliphatic carbocycles. The molecule has 0 unspecified atom stereocenters. The Hall–Kier alpha value is -2.40. The second-order valence-electron chi connectivity index (χ2n) is 6.59. The number of unbranched alkanes of at least 4 members (excludes halogenated alkanes) is 3. The molecule has 0 aliphatic heterocycles. The summed E-state index contributed by atoms with van der Waals surface area (Å²) in [5.41, 5.74) is 0.931. The number of para-hydroxylation sites is 2. The molecule has 0 aliphatic rings. The fourth-order valence-electron chi connectivity index (χ4n) is 2.95. The highest BCUT2D eigenvalue weighted by molar-refractivity contribution is 7.22. The fourth-order valence-corrected chi connectivity index (χ4v) is 3.94. The number of thiazole rings is 1. The van der Waals surface area contributed by atoms with Gasteiger partial charge >= 0.3 is 0 Å². The van der Waals surface area contributed by atoms with Gasteiger partial charge in [0, 0.05) is 6.54 Å².